The van der Waals surface area contributed by atoms with E-state index in [2.05, 4.69) is 20.4 Å². The number of hydrogen-bond acceptors (Lipinski definition) is 5. The van der Waals surface area contributed by atoms with Gasteiger partial charge in [-0.1, -0.05) is 0 Å². The predicted octanol–water partition coefficient (Wildman–Crippen LogP) is -1.61. The van der Waals surface area contributed by atoms with E-state index in [9.17, 15) is 4.79 Å². The van der Waals surface area contributed by atoms with Crippen LogP contribution in [0.1, 0.15) is 0 Å². The van der Waals surface area contributed by atoms with Gasteiger partial charge in [0.1, 0.15) is 6.33 Å². The summed E-state index contributed by atoms with van der Waals surface area (Å²) in [6, 6.07) is 0. The maximum absolute atomic E-state index is 10.9. The van der Waals surface area contributed by atoms with Gasteiger partial charge in [0.25, 0.3) is 0 Å². The number of nitrogens with zero attached hydrogens (tertiary/aromatic N) is 4. The Balaban J connectivity index is 3.08. The number of nitrogen functional groups attached to an aromatic ring is 1. The molecule has 2 rings (SSSR count). The molecule has 0 aromatic carbocycles. The minimum absolute atomic E-state index is 0.155. The lowest BCUT2D eigenvalue weighted by Gasteiger charge is -1.91. The van der Waals surface area contributed by atoms with Crippen molar-refractivity contribution in [3.05, 3.63) is 16.8 Å². The second-order valence-electron chi connectivity index (χ2n) is 1.94. The molecule has 0 radical (unpaired) electrons. The lowest BCUT2D eigenvalue weighted by molar-refractivity contribution is 0.891. The van der Waals surface area contributed by atoms with Crippen LogP contribution in [0.5, 0.6) is 0 Å². The van der Waals surface area contributed by atoms with Crippen molar-refractivity contribution < 1.29 is 0 Å². The molecule has 0 fully saturated rings. The number of rotatable bonds is 0. The van der Waals surface area contributed by atoms with Crippen molar-refractivity contribution in [2.75, 3.05) is 5.73 Å². The molecule has 2 aromatic rings. The Morgan fingerprint density at radius 3 is 3.18 bits per heavy atom. The largest absolute Gasteiger partial charge is 0.379 e. The van der Waals surface area contributed by atoms with Crippen molar-refractivity contribution in [3.8, 4) is 0 Å². The van der Waals surface area contributed by atoms with Crippen molar-refractivity contribution in [3.63, 3.8) is 0 Å². The number of hydrogen-bond donors (Lipinski definition) is 2. The van der Waals surface area contributed by atoms with Crippen molar-refractivity contribution >= 4 is 11.5 Å². The Hall–Kier alpha value is -1.92. The fraction of sp³-hybridized carbons (Fsp3) is 0. The molecule has 0 bridgehead atoms. The van der Waals surface area contributed by atoms with Gasteiger partial charge in [-0.3, -0.25) is 0 Å². The minimum atomic E-state index is -0.404. The van der Waals surface area contributed by atoms with Gasteiger partial charge in [-0.15, -0.1) is 15.3 Å². The van der Waals surface area contributed by atoms with Crippen LogP contribution in [0.3, 0.4) is 0 Å². The highest BCUT2D eigenvalue weighted by atomic mass is 16.1. The third-order valence-corrected chi connectivity index (χ3v) is 1.27. The molecular weight excluding hydrogens is 148 g/mol. The van der Waals surface area contributed by atoms with Crippen molar-refractivity contribution in [1.82, 2.24) is 24.8 Å². The van der Waals surface area contributed by atoms with Gasteiger partial charge in [0.05, 0.1) is 0 Å². The molecule has 0 amide bonds. The van der Waals surface area contributed by atoms with E-state index < -0.39 is 5.69 Å². The Kier molecular flexibility index (Phi) is 0.945. The Morgan fingerprint density at radius 2 is 2.45 bits per heavy atom. The van der Waals surface area contributed by atoms with Crippen LogP contribution in [0.15, 0.2) is 11.1 Å². The normalized spacial score (nSPS) is 10.5. The van der Waals surface area contributed by atoms with Gasteiger partial charge in [-0.2, -0.15) is 0 Å². The van der Waals surface area contributed by atoms with Gasteiger partial charge in [0.15, 0.2) is 5.82 Å². The summed E-state index contributed by atoms with van der Waals surface area (Å²) in [5, 5.41) is 12.8. The second kappa shape index (κ2) is 1.78. The summed E-state index contributed by atoms with van der Waals surface area (Å²) in [5.74, 6) is 0.155. The lowest BCUT2D eigenvalue weighted by Crippen LogP contribution is -2.18. The highest BCUT2D eigenvalue weighted by Crippen LogP contribution is 1.98. The van der Waals surface area contributed by atoms with Crippen molar-refractivity contribution in [1.29, 1.82) is 0 Å². The molecule has 0 atom stereocenters. The van der Waals surface area contributed by atoms with E-state index >= 15 is 0 Å². The Morgan fingerprint density at radius 1 is 1.64 bits per heavy atom. The molecule has 56 valence electrons. The fourth-order valence-corrected chi connectivity index (χ4v) is 0.770. The zero-order valence-corrected chi connectivity index (χ0v) is 5.35. The van der Waals surface area contributed by atoms with E-state index in [-0.39, 0.29) is 11.5 Å². The zero-order valence-electron chi connectivity index (χ0n) is 5.35. The van der Waals surface area contributed by atoms with Crippen molar-refractivity contribution in [2.45, 2.75) is 0 Å². The van der Waals surface area contributed by atoms with Crippen LogP contribution in [0.25, 0.3) is 5.65 Å². The van der Waals surface area contributed by atoms with E-state index in [1.807, 2.05) is 0 Å². The van der Waals surface area contributed by atoms with Gasteiger partial charge in [0, 0.05) is 0 Å². The fourth-order valence-electron chi connectivity index (χ4n) is 0.770. The Labute approximate surface area is 59.9 Å². The van der Waals surface area contributed by atoms with Gasteiger partial charge >= 0.3 is 5.69 Å². The van der Waals surface area contributed by atoms with Crippen LogP contribution in [-0.2, 0) is 0 Å². The van der Waals surface area contributed by atoms with Gasteiger partial charge in [-0.05, 0) is 0 Å². The van der Waals surface area contributed by atoms with Crippen LogP contribution in [0.2, 0.25) is 0 Å². The number of anilines is 1. The van der Waals surface area contributed by atoms with Crippen LogP contribution >= 0.6 is 0 Å². The van der Waals surface area contributed by atoms with Crippen LogP contribution in [-0.4, -0.2) is 24.8 Å². The third kappa shape index (κ3) is 0.672. The smallest absolute Gasteiger partial charge is 0.349 e. The van der Waals surface area contributed by atoms with Gasteiger partial charge in [0.2, 0.25) is 5.65 Å². The average Bonchev–Trinajstić information content (AvgIpc) is 2.45. The highest BCUT2D eigenvalue weighted by Gasteiger charge is 2.02. The second-order valence-corrected chi connectivity index (χ2v) is 1.94. The summed E-state index contributed by atoms with van der Waals surface area (Å²) in [6.45, 7) is 0. The molecule has 2 aromatic heterocycles. The summed E-state index contributed by atoms with van der Waals surface area (Å²) in [7, 11) is 0. The number of aromatic nitrogens is 5. The molecule has 7 nitrogen and oxygen atoms in total. The van der Waals surface area contributed by atoms with Gasteiger partial charge in [-0.25, -0.2) is 14.3 Å². The number of nitrogens with two attached hydrogens (primary N) is 1. The molecule has 3 N–H and O–H groups in total. The first kappa shape index (κ1) is 5.83. The molecule has 0 spiro atoms. The van der Waals surface area contributed by atoms with Crippen LogP contribution < -0.4 is 11.4 Å². The quantitative estimate of drug-likeness (QED) is 0.473. The minimum Gasteiger partial charge on any atom is -0.379 e. The van der Waals surface area contributed by atoms with E-state index in [1.54, 1.807) is 0 Å². The topological polar surface area (TPSA) is 102 Å². The van der Waals surface area contributed by atoms with E-state index in [4.69, 9.17) is 5.73 Å². The molecule has 0 aliphatic heterocycles. The standard InChI is InChI=1S/C4H4N6O/c5-2-3-8-6-1-10(3)4(11)9-7-2/h1H,(H2,5,7)(H,9,11). The number of H-pyrrole nitrogens is 1. The maximum Gasteiger partial charge on any atom is 0.349 e. The molecule has 0 saturated heterocycles. The monoisotopic (exact) mass is 152 g/mol. The molecule has 0 aliphatic rings. The highest BCUT2D eigenvalue weighted by molar-refractivity contribution is 5.56. The van der Waals surface area contributed by atoms with E-state index in [1.165, 1.54) is 10.7 Å². The summed E-state index contributed by atoms with van der Waals surface area (Å²) in [6.07, 6.45) is 1.27. The molecule has 0 unspecified atom stereocenters. The lowest BCUT2D eigenvalue weighted by atomic mass is 10.7. The summed E-state index contributed by atoms with van der Waals surface area (Å²) in [5.41, 5.74) is 5.23. The van der Waals surface area contributed by atoms with Crippen molar-refractivity contribution in [2.24, 2.45) is 0 Å². The SMILES string of the molecule is Nc1n[nH]c(=O)n2cnnc12. The zero-order chi connectivity index (χ0) is 7.84. The molecule has 7 heteroatoms. The number of aromatic amines is 1. The van der Waals surface area contributed by atoms with E-state index in [0.717, 1.165) is 0 Å². The first-order valence-corrected chi connectivity index (χ1v) is 2.83. The molecule has 2 heterocycles. The average molecular weight is 152 g/mol. The molecule has 0 aliphatic carbocycles. The van der Waals surface area contributed by atoms with Gasteiger partial charge < -0.3 is 5.73 Å². The molecule has 0 saturated carbocycles. The first-order chi connectivity index (χ1) is 5.29. The molecular formula is C4H4N6O. The predicted molar refractivity (Wildman–Crippen MR) is 35.8 cm³/mol. The summed E-state index contributed by atoms with van der Waals surface area (Å²) >= 11 is 0. The van der Waals surface area contributed by atoms with E-state index in [0.29, 0.717) is 0 Å². The summed E-state index contributed by atoms with van der Waals surface area (Å²) in [4.78, 5) is 10.9. The summed E-state index contributed by atoms with van der Waals surface area (Å²) < 4.78 is 1.18. The maximum atomic E-state index is 10.9. The number of nitrogens with one attached hydrogen (secondary N) is 1. The first-order valence-electron chi connectivity index (χ1n) is 2.83. The van der Waals surface area contributed by atoms with Crippen LogP contribution in [0, 0.1) is 0 Å². The number of fused-ring (bicyclic) bond motifs is 1. The third-order valence-electron chi connectivity index (χ3n) is 1.27. The van der Waals surface area contributed by atoms with Crippen LogP contribution in [0.4, 0.5) is 5.82 Å². The Bertz CT molecular complexity index is 441. The molecule has 11 heavy (non-hydrogen) atoms.